The van der Waals surface area contributed by atoms with Gasteiger partial charge in [-0.1, -0.05) is 24.3 Å². The second kappa shape index (κ2) is 11.0. The van der Waals surface area contributed by atoms with Crippen LogP contribution in [0.3, 0.4) is 0 Å². The average molecular weight is 558 g/mol. The van der Waals surface area contributed by atoms with Crippen LogP contribution in [0.25, 0.3) is 11.3 Å². The first-order chi connectivity index (χ1) is 18.7. The number of carbonyl (C=O) groups is 1. The highest BCUT2D eigenvalue weighted by atomic mass is 19.4. The van der Waals surface area contributed by atoms with Gasteiger partial charge in [-0.2, -0.15) is 13.2 Å². The van der Waals surface area contributed by atoms with E-state index in [9.17, 15) is 22.8 Å². The third-order valence-corrected chi connectivity index (χ3v) is 5.86. The molecule has 212 valence electrons. The van der Waals surface area contributed by atoms with E-state index in [-0.39, 0.29) is 35.3 Å². The number of halogens is 3. The number of anilines is 2. The number of nitrogens with one attached hydrogen (secondary N) is 3. The number of nitrogens with zero attached hydrogens (tertiary/aromatic N) is 3. The van der Waals surface area contributed by atoms with E-state index in [2.05, 4.69) is 26.1 Å². The topological polar surface area (TPSA) is 136 Å². The van der Waals surface area contributed by atoms with Gasteiger partial charge in [-0.15, -0.1) is 0 Å². The van der Waals surface area contributed by atoms with Crippen LogP contribution in [0.4, 0.5) is 24.7 Å². The normalized spacial score (nSPS) is 14.6. The fourth-order valence-corrected chi connectivity index (χ4v) is 4.00. The standard InChI is InChI=1S/C27H30F3N7O3/c1-15(2)34-24-25(39)37(21(13-33-24)18-9-19(27(28,29)30)11-20(31)10-18)14-22(38)32-12-16-5-7-17(8-6-16)23-35-26(3,4)40-36-23/h5-11,13,15H,12,14,31H2,1-4H3,(H,32,38)(H,33,34)(H,35,36). The zero-order chi connectivity index (χ0) is 29.2. The second-order valence-electron chi connectivity index (χ2n) is 10.1. The molecule has 10 nitrogen and oxygen atoms in total. The Labute approximate surface area is 228 Å². The summed E-state index contributed by atoms with van der Waals surface area (Å²) in [5.41, 5.74) is 7.69. The molecule has 0 unspecified atom stereocenters. The van der Waals surface area contributed by atoms with Crippen molar-refractivity contribution in [3.05, 3.63) is 75.7 Å². The number of hydrogen-bond acceptors (Lipinski definition) is 8. The first-order valence-corrected chi connectivity index (χ1v) is 12.5. The molecule has 0 saturated heterocycles. The summed E-state index contributed by atoms with van der Waals surface area (Å²) >= 11 is 0. The second-order valence-corrected chi connectivity index (χ2v) is 10.1. The van der Waals surface area contributed by atoms with Gasteiger partial charge in [0.2, 0.25) is 5.91 Å². The van der Waals surface area contributed by atoms with Gasteiger partial charge < -0.3 is 16.4 Å². The van der Waals surface area contributed by atoms with E-state index in [1.807, 2.05) is 38.1 Å². The summed E-state index contributed by atoms with van der Waals surface area (Å²) in [5.74, 6) is 0.0370. The molecule has 0 saturated carbocycles. The zero-order valence-electron chi connectivity index (χ0n) is 22.4. The molecule has 2 heterocycles. The number of alkyl halides is 3. The molecule has 1 aromatic heterocycles. The molecule has 1 aliphatic heterocycles. The van der Waals surface area contributed by atoms with E-state index in [0.29, 0.717) is 5.84 Å². The zero-order valence-corrected chi connectivity index (χ0v) is 22.4. The highest BCUT2D eigenvalue weighted by molar-refractivity contribution is 5.99. The van der Waals surface area contributed by atoms with Crippen LogP contribution in [0, 0.1) is 0 Å². The average Bonchev–Trinajstić information content (AvgIpc) is 3.24. The van der Waals surface area contributed by atoms with Crippen molar-refractivity contribution in [2.24, 2.45) is 4.99 Å². The quantitative estimate of drug-likeness (QED) is 0.311. The van der Waals surface area contributed by atoms with Crippen LogP contribution < -0.4 is 27.4 Å². The predicted octanol–water partition coefficient (Wildman–Crippen LogP) is 3.67. The number of carbonyl (C=O) groups excluding carboxylic acids is 1. The molecule has 1 amide bonds. The fraction of sp³-hybridized carbons (Fsp3) is 0.333. The molecule has 5 N–H and O–H groups in total. The van der Waals surface area contributed by atoms with Crippen LogP contribution in [-0.2, 0) is 28.9 Å². The maximum absolute atomic E-state index is 13.4. The summed E-state index contributed by atoms with van der Waals surface area (Å²) in [5, 5.41) is 5.65. The molecule has 1 aliphatic rings. The van der Waals surface area contributed by atoms with Gasteiger partial charge in [0.1, 0.15) is 6.54 Å². The molecule has 0 radical (unpaired) electrons. The van der Waals surface area contributed by atoms with Crippen LogP contribution >= 0.6 is 0 Å². The Morgan fingerprint density at radius 2 is 1.85 bits per heavy atom. The highest BCUT2D eigenvalue weighted by Crippen LogP contribution is 2.34. The van der Waals surface area contributed by atoms with Crippen molar-refractivity contribution < 1.29 is 22.8 Å². The smallest absolute Gasteiger partial charge is 0.399 e. The Balaban J connectivity index is 1.57. The van der Waals surface area contributed by atoms with Gasteiger partial charge in [-0.3, -0.25) is 14.2 Å². The number of aliphatic imine (C=N–C) groups is 1. The lowest BCUT2D eigenvalue weighted by Gasteiger charge is -2.17. The number of aromatic nitrogens is 2. The highest BCUT2D eigenvalue weighted by Gasteiger charge is 2.31. The molecule has 4 rings (SSSR count). The number of amides is 1. The number of hydrogen-bond donors (Lipinski definition) is 4. The van der Waals surface area contributed by atoms with Crippen molar-refractivity contribution >= 4 is 23.2 Å². The number of hydroxylamine groups is 1. The van der Waals surface area contributed by atoms with Gasteiger partial charge in [-0.05, 0) is 51.5 Å². The van der Waals surface area contributed by atoms with Crippen LogP contribution in [0.2, 0.25) is 0 Å². The number of rotatable bonds is 8. The van der Waals surface area contributed by atoms with E-state index in [1.165, 1.54) is 12.3 Å². The minimum atomic E-state index is -4.65. The summed E-state index contributed by atoms with van der Waals surface area (Å²) < 4.78 is 41.4. The van der Waals surface area contributed by atoms with E-state index in [1.54, 1.807) is 13.8 Å². The van der Waals surface area contributed by atoms with Crippen molar-refractivity contribution in [2.45, 2.75) is 58.7 Å². The third kappa shape index (κ3) is 6.78. The molecule has 0 spiro atoms. The molecule has 0 aliphatic carbocycles. The van der Waals surface area contributed by atoms with Gasteiger partial charge in [0.15, 0.2) is 17.4 Å². The van der Waals surface area contributed by atoms with Crippen molar-refractivity contribution in [1.29, 1.82) is 0 Å². The fourth-order valence-electron chi connectivity index (χ4n) is 4.00. The molecule has 0 atom stereocenters. The summed E-state index contributed by atoms with van der Waals surface area (Å²) in [6.07, 6.45) is -3.41. The number of amidine groups is 1. The van der Waals surface area contributed by atoms with Crippen molar-refractivity contribution in [3.8, 4) is 11.3 Å². The Hall–Kier alpha value is -4.39. The molecular weight excluding hydrogens is 527 g/mol. The van der Waals surface area contributed by atoms with Crippen LogP contribution in [0.5, 0.6) is 0 Å². The van der Waals surface area contributed by atoms with Crippen LogP contribution in [-0.4, -0.2) is 33.1 Å². The van der Waals surface area contributed by atoms with E-state index >= 15 is 0 Å². The lowest BCUT2D eigenvalue weighted by atomic mass is 10.1. The van der Waals surface area contributed by atoms with Gasteiger partial charge in [0, 0.05) is 29.4 Å². The van der Waals surface area contributed by atoms with E-state index < -0.39 is 35.5 Å². The molecule has 2 aromatic carbocycles. The lowest BCUT2D eigenvalue weighted by Crippen LogP contribution is -2.35. The summed E-state index contributed by atoms with van der Waals surface area (Å²) in [4.78, 5) is 40.1. The van der Waals surface area contributed by atoms with Crippen molar-refractivity contribution in [1.82, 2.24) is 20.3 Å². The monoisotopic (exact) mass is 557 g/mol. The van der Waals surface area contributed by atoms with Crippen LogP contribution in [0.1, 0.15) is 44.4 Å². The molecular formula is C27H30F3N7O3. The number of nitrogens with two attached hydrogens (primary N) is 1. The maximum atomic E-state index is 13.4. The largest absolute Gasteiger partial charge is 0.416 e. The third-order valence-electron chi connectivity index (χ3n) is 5.86. The number of benzene rings is 2. The van der Waals surface area contributed by atoms with E-state index in [4.69, 9.17) is 10.6 Å². The van der Waals surface area contributed by atoms with Gasteiger partial charge in [-0.25, -0.2) is 20.3 Å². The summed E-state index contributed by atoms with van der Waals surface area (Å²) in [6.45, 7) is 6.94. The first kappa shape index (κ1) is 28.6. The Morgan fingerprint density at radius 3 is 2.45 bits per heavy atom. The minimum Gasteiger partial charge on any atom is -0.399 e. The molecule has 0 bridgehead atoms. The number of nitrogen functional groups attached to an aromatic ring is 1. The molecule has 13 heteroatoms. The molecule has 3 aromatic rings. The van der Waals surface area contributed by atoms with Gasteiger partial charge >= 0.3 is 6.18 Å². The SMILES string of the molecule is CC(C)Nc1ncc(-c2cc(N)cc(C(F)(F)F)c2)n(CC(=O)NCc2ccc(C3=NC(C)(C)ON3)cc2)c1=O. The first-order valence-electron chi connectivity index (χ1n) is 12.5. The van der Waals surface area contributed by atoms with Gasteiger partial charge in [0.25, 0.3) is 5.56 Å². The molecule has 40 heavy (non-hydrogen) atoms. The predicted molar refractivity (Wildman–Crippen MR) is 145 cm³/mol. The summed E-state index contributed by atoms with van der Waals surface area (Å²) in [6, 6.07) is 10.1. The van der Waals surface area contributed by atoms with Gasteiger partial charge in [0.05, 0.1) is 17.5 Å². The lowest BCUT2D eigenvalue weighted by molar-refractivity contribution is -0.137. The summed E-state index contributed by atoms with van der Waals surface area (Å²) in [7, 11) is 0. The Kier molecular flexibility index (Phi) is 7.87. The Bertz CT molecular complexity index is 1500. The molecule has 0 fully saturated rings. The Morgan fingerprint density at radius 1 is 1.15 bits per heavy atom. The maximum Gasteiger partial charge on any atom is 0.416 e. The van der Waals surface area contributed by atoms with E-state index in [0.717, 1.165) is 27.8 Å². The van der Waals surface area contributed by atoms with Crippen molar-refractivity contribution in [3.63, 3.8) is 0 Å². The van der Waals surface area contributed by atoms with Crippen LogP contribution in [0.15, 0.2) is 58.4 Å². The minimum absolute atomic E-state index is 0.00649. The van der Waals surface area contributed by atoms with Crippen molar-refractivity contribution in [2.75, 3.05) is 11.1 Å².